The molecule has 2 rings (SSSR count). The predicted molar refractivity (Wildman–Crippen MR) is 85.7 cm³/mol. The van der Waals surface area contributed by atoms with Crippen LogP contribution in [0.25, 0.3) is 0 Å². The Morgan fingerprint density at radius 2 is 1.80 bits per heavy atom. The molecule has 0 spiro atoms. The van der Waals surface area contributed by atoms with Crippen LogP contribution in [-0.4, -0.2) is 0 Å². The third kappa shape index (κ3) is 3.40. The van der Waals surface area contributed by atoms with Crippen molar-refractivity contribution >= 4 is 27.5 Å². The van der Waals surface area contributed by atoms with Gasteiger partial charge in [-0.25, -0.2) is 4.39 Å². The highest BCUT2D eigenvalue weighted by Crippen LogP contribution is 2.27. The molecule has 1 nitrogen and oxygen atoms in total. The summed E-state index contributed by atoms with van der Waals surface area (Å²) in [6, 6.07) is 8.75. The van der Waals surface area contributed by atoms with Crippen LogP contribution in [0.5, 0.6) is 0 Å². The topological polar surface area (TPSA) is 26.0 Å². The van der Waals surface area contributed by atoms with E-state index < -0.39 is 5.82 Å². The molecule has 0 saturated heterocycles. The van der Waals surface area contributed by atoms with Gasteiger partial charge in [-0.2, -0.15) is 0 Å². The van der Waals surface area contributed by atoms with Gasteiger partial charge in [-0.05, 0) is 54.7 Å². The van der Waals surface area contributed by atoms with Gasteiger partial charge in [0.25, 0.3) is 0 Å². The largest absolute Gasteiger partial charge is 0.324 e. The third-order valence-corrected chi connectivity index (χ3v) is 4.87. The highest BCUT2D eigenvalue weighted by Gasteiger charge is 2.11. The summed E-state index contributed by atoms with van der Waals surface area (Å²) < 4.78 is 14.3. The zero-order chi connectivity index (χ0) is 14.9. The molecule has 0 aliphatic heterocycles. The van der Waals surface area contributed by atoms with E-state index in [0.717, 1.165) is 26.7 Å². The normalized spacial score (nSPS) is 12.5. The molecule has 2 aromatic carbocycles. The summed E-state index contributed by atoms with van der Waals surface area (Å²) in [5.41, 5.74) is 10.6. The van der Waals surface area contributed by atoms with Gasteiger partial charge >= 0.3 is 0 Å². The highest BCUT2D eigenvalue weighted by atomic mass is 79.9. The van der Waals surface area contributed by atoms with Gasteiger partial charge in [0.05, 0.1) is 5.02 Å². The molecule has 1 atom stereocenters. The second-order valence-electron chi connectivity index (χ2n) is 5.03. The number of hydrogen-bond donors (Lipinski definition) is 1. The van der Waals surface area contributed by atoms with E-state index in [1.54, 1.807) is 12.1 Å². The van der Waals surface area contributed by atoms with Crippen LogP contribution in [0.3, 0.4) is 0 Å². The predicted octanol–water partition coefficient (Wildman–Crippen LogP) is 5.10. The van der Waals surface area contributed by atoms with E-state index >= 15 is 0 Å². The van der Waals surface area contributed by atoms with Gasteiger partial charge in [0.1, 0.15) is 5.82 Å². The Balaban J connectivity index is 2.23. The SMILES string of the molecule is Cc1cc(C(N)Cc2ccc(F)c(Cl)c2)cc(C)c1Br. The Morgan fingerprint density at radius 3 is 2.35 bits per heavy atom. The van der Waals surface area contributed by atoms with Crippen molar-refractivity contribution in [1.29, 1.82) is 0 Å². The standard InChI is InChI=1S/C16H16BrClFN/c1-9-5-12(6-10(2)16(9)17)15(20)8-11-3-4-14(19)13(18)7-11/h3-7,15H,8,20H2,1-2H3. The monoisotopic (exact) mass is 355 g/mol. The van der Waals surface area contributed by atoms with Crippen LogP contribution in [-0.2, 0) is 6.42 Å². The lowest BCUT2D eigenvalue weighted by atomic mass is 9.96. The van der Waals surface area contributed by atoms with Gasteiger partial charge in [-0.15, -0.1) is 0 Å². The fourth-order valence-electron chi connectivity index (χ4n) is 2.23. The minimum Gasteiger partial charge on any atom is -0.324 e. The van der Waals surface area contributed by atoms with Gasteiger partial charge < -0.3 is 5.73 Å². The van der Waals surface area contributed by atoms with Gasteiger partial charge in [-0.1, -0.05) is 45.7 Å². The Kier molecular flexibility index (Phi) is 4.84. The molecule has 0 fully saturated rings. The van der Waals surface area contributed by atoms with Gasteiger partial charge in [0, 0.05) is 10.5 Å². The second kappa shape index (κ2) is 6.25. The molecule has 0 aromatic heterocycles. The van der Waals surface area contributed by atoms with Crippen molar-refractivity contribution in [3.05, 3.63) is 67.9 Å². The smallest absolute Gasteiger partial charge is 0.141 e. The van der Waals surface area contributed by atoms with E-state index in [0.29, 0.717) is 6.42 Å². The maximum atomic E-state index is 13.1. The fraction of sp³-hybridized carbons (Fsp3) is 0.250. The van der Waals surface area contributed by atoms with E-state index in [-0.39, 0.29) is 11.1 Å². The van der Waals surface area contributed by atoms with E-state index in [4.69, 9.17) is 17.3 Å². The lowest BCUT2D eigenvalue weighted by Gasteiger charge is -2.15. The van der Waals surface area contributed by atoms with Crippen molar-refractivity contribution < 1.29 is 4.39 Å². The van der Waals surface area contributed by atoms with Crippen LogP contribution in [0.2, 0.25) is 5.02 Å². The minimum absolute atomic E-state index is 0.137. The number of hydrogen-bond acceptors (Lipinski definition) is 1. The van der Waals surface area contributed by atoms with Crippen molar-refractivity contribution in [2.24, 2.45) is 5.73 Å². The van der Waals surface area contributed by atoms with Crippen LogP contribution in [0, 0.1) is 19.7 Å². The molecule has 20 heavy (non-hydrogen) atoms. The minimum atomic E-state index is -0.403. The first-order valence-electron chi connectivity index (χ1n) is 6.34. The number of rotatable bonds is 3. The molecule has 0 aliphatic rings. The molecule has 2 N–H and O–H groups in total. The Morgan fingerprint density at radius 1 is 1.20 bits per heavy atom. The first kappa shape index (κ1) is 15.5. The molecular weight excluding hydrogens is 341 g/mol. The molecule has 1 unspecified atom stereocenters. The summed E-state index contributed by atoms with van der Waals surface area (Å²) >= 11 is 9.34. The zero-order valence-corrected chi connectivity index (χ0v) is 13.7. The van der Waals surface area contributed by atoms with Crippen molar-refractivity contribution in [1.82, 2.24) is 0 Å². The van der Waals surface area contributed by atoms with Crippen LogP contribution < -0.4 is 5.73 Å². The zero-order valence-electron chi connectivity index (χ0n) is 11.4. The van der Waals surface area contributed by atoms with E-state index in [1.807, 2.05) is 13.8 Å². The maximum absolute atomic E-state index is 13.1. The maximum Gasteiger partial charge on any atom is 0.141 e. The summed E-state index contributed by atoms with van der Waals surface area (Å²) in [6.45, 7) is 4.09. The highest BCUT2D eigenvalue weighted by molar-refractivity contribution is 9.10. The number of halogens is 3. The van der Waals surface area contributed by atoms with Gasteiger partial charge in [0.2, 0.25) is 0 Å². The summed E-state index contributed by atoms with van der Waals surface area (Å²) in [7, 11) is 0. The lowest BCUT2D eigenvalue weighted by Crippen LogP contribution is -2.14. The molecule has 2 aromatic rings. The summed E-state index contributed by atoms with van der Waals surface area (Å²) in [5.74, 6) is -0.403. The molecule has 0 aliphatic carbocycles. The summed E-state index contributed by atoms with van der Waals surface area (Å²) in [6.07, 6.45) is 0.626. The first-order chi connectivity index (χ1) is 9.38. The quantitative estimate of drug-likeness (QED) is 0.813. The first-order valence-corrected chi connectivity index (χ1v) is 7.51. The van der Waals surface area contributed by atoms with Crippen LogP contribution in [0.15, 0.2) is 34.8 Å². The van der Waals surface area contributed by atoms with Crippen molar-refractivity contribution in [2.45, 2.75) is 26.3 Å². The van der Waals surface area contributed by atoms with E-state index in [1.165, 1.54) is 6.07 Å². The summed E-state index contributed by atoms with van der Waals surface area (Å²) in [4.78, 5) is 0. The van der Waals surface area contributed by atoms with Gasteiger partial charge in [0.15, 0.2) is 0 Å². The molecule has 0 bridgehead atoms. The number of aryl methyl sites for hydroxylation is 2. The van der Waals surface area contributed by atoms with E-state index in [9.17, 15) is 4.39 Å². The Hall–Kier alpha value is -0.900. The van der Waals surface area contributed by atoms with Crippen LogP contribution in [0.1, 0.15) is 28.3 Å². The number of nitrogens with two attached hydrogens (primary N) is 1. The molecule has 0 radical (unpaired) electrons. The summed E-state index contributed by atoms with van der Waals surface area (Å²) in [5, 5.41) is 0.137. The fourth-order valence-corrected chi connectivity index (χ4v) is 2.66. The van der Waals surface area contributed by atoms with Crippen LogP contribution in [0.4, 0.5) is 4.39 Å². The molecule has 0 amide bonds. The molecule has 106 valence electrons. The molecular formula is C16H16BrClFN. The van der Waals surface area contributed by atoms with E-state index in [2.05, 4.69) is 28.1 Å². The average Bonchev–Trinajstić information content (AvgIpc) is 2.39. The van der Waals surface area contributed by atoms with Crippen molar-refractivity contribution in [3.63, 3.8) is 0 Å². The average molecular weight is 357 g/mol. The molecule has 0 saturated carbocycles. The Bertz CT molecular complexity index is 619. The Labute approximate surface area is 132 Å². The van der Waals surface area contributed by atoms with Crippen molar-refractivity contribution in [3.8, 4) is 0 Å². The lowest BCUT2D eigenvalue weighted by molar-refractivity contribution is 0.626. The second-order valence-corrected chi connectivity index (χ2v) is 6.23. The van der Waals surface area contributed by atoms with Gasteiger partial charge in [-0.3, -0.25) is 0 Å². The van der Waals surface area contributed by atoms with Crippen LogP contribution >= 0.6 is 27.5 Å². The third-order valence-electron chi connectivity index (χ3n) is 3.33. The number of benzene rings is 2. The molecule has 0 heterocycles. The molecule has 4 heteroatoms. The van der Waals surface area contributed by atoms with Crippen molar-refractivity contribution in [2.75, 3.05) is 0 Å².